The molecule has 2 N–H and O–H groups in total. The predicted octanol–water partition coefficient (Wildman–Crippen LogP) is 7.30. The second-order valence-electron chi connectivity index (χ2n) is 7.75. The predicted molar refractivity (Wildman–Crippen MR) is 135 cm³/mol. The van der Waals surface area contributed by atoms with E-state index in [2.05, 4.69) is 59.9 Å². The largest absolute Gasteiger partial charge is 0.508 e. The number of aromatic hydroxyl groups is 1. The van der Waals surface area contributed by atoms with Crippen molar-refractivity contribution in [2.75, 3.05) is 6.54 Å². The van der Waals surface area contributed by atoms with Crippen LogP contribution in [0.3, 0.4) is 0 Å². The van der Waals surface area contributed by atoms with Crippen LogP contribution >= 0.6 is 11.6 Å². The van der Waals surface area contributed by atoms with Crippen molar-refractivity contribution in [3.8, 4) is 16.9 Å². The molecule has 0 amide bonds. The summed E-state index contributed by atoms with van der Waals surface area (Å²) in [5, 5.41) is 13.9. The molecule has 0 spiro atoms. The summed E-state index contributed by atoms with van der Waals surface area (Å²) in [7, 11) is 0. The van der Waals surface area contributed by atoms with Gasteiger partial charge in [-0.15, -0.1) is 0 Å². The Morgan fingerprint density at radius 2 is 1.56 bits per heavy atom. The van der Waals surface area contributed by atoms with E-state index in [9.17, 15) is 5.11 Å². The van der Waals surface area contributed by atoms with Gasteiger partial charge in [0.15, 0.2) is 0 Å². The van der Waals surface area contributed by atoms with Gasteiger partial charge in [-0.2, -0.15) is 0 Å². The Balaban J connectivity index is 1.46. The van der Waals surface area contributed by atoms with E-state index < -0.39 is 0 Å². The normalized spacial score (nSPS) is 12.2. The van der Waals surface area contributed by atoms with E-state index in [-0.39, 0.29) is 11.8 Å². The third-order valence-corrected chi connectivity index (χ3v) is 5.63. The summed E-state index contributed by atoms with van der Waals surface area (Å²) in [4.78, 5) is 0. The van der Waals surface area contributed by atoms with Crippen LogP contribution in [-0.2, 0) is 6.42 Å². The van der Waals surface area contributed by atoms with Gasteiger partial charge in [0.2, 0.25) is 0 Å². The molecule has 0 aliphatic heterocycles. The van der Waals surface area contributed by atoms with Gasteiger partial charge in [-0.3, -0.25) is 0 Å². The average molecular weight is 440 g/mol. The molecule has 4 aromatic carbocycles. The van der Waals surface area contributed by atoms with Crippen LogP contribution in [0.5, 0.6) is 5.75 Å². The smallest absolute Gasteiger partial charge is 0.115 e. The first-order chi connectivity index (χ1) is 15.7. The molecular weight excluding hydrogens is 414 g/mol. The van der Waals surface area contributed by atoms with Gasteiger partial charge in [-0.1, -0.05) is 103 Å². The fraction of sp³-hybridized carbons (Fsp3) is 0.103. The monoisotopic (exact) mass is 439 g/mol. The first kappa shape index (κ1) is 21.9. The zero-order valence-electron chi connectivity index (χ0n) is 17.8. The number of hydrogen-bond acceptors (Lipinski definition) is 2. The number of hydrogen-bond donors (Lipinski definition) is 2. The summed E-state index contributed by atoms with van der Waals surface area (Å²) < 4.78 is 0. The number of phenols is 1. The molecule has 0 radical (unpaired) electrons. The molecule has 4 aromatic rings. The van der Waals surface area contributed by atoms with E-state index >= 15 is 0 Å². The quantitative estimate of drug-likeness (QED) is 0.302. The van der Waals surface area contributed by atoms with Crippen LogP contribution in [-0.4, -0.2) is 11.7 Å². The van der Waals surface area contributed by atoms with Crippen molar-refractivity contribution >= 4 is 17.7 Å². The lowest BCUT2D eigenvalue weighted by molar-refractivity contribution is 0.475. The number of rotatable bonds is 8. The van der Waals surface area contributed by atoms with Crippen LogP contribution in [0, 0.1) is 0 Å². The molecule has 32 heavy (non-hydrogen) atoms. The zero-order chi connectivity index (χ0) is 22.2. The third kappa shape index (κ3) is 6.10. The summed E-state index contributed by atoms with van der Waals surface area (Å²) in [6, 6.07) is 34.2. The van der Waals surface area contributed by atoms with Gasteiger partial charge in [0.1, 0.15) is 5.75 Å². The molecule has 0 aromatic heterocycles. The second-order valence-corrected chi connectivity index (χ2v) is 8.19. The Bertz CT molecular complexity index is 1170. The molecule has 1 unspecified atom stereocenters. The lowest BCUT2D eigenvalue weighted by atomic mass is 10.0. The van der Waals surface area contributed by atoms with E-state index in [4.69, 9.17) is 11.6 Å². The topological polar surface area (TPSA) is 32.3 Å². The maximum absolute atomic E-state index is 9.53. The van der Waals surface area contributed by atoms with Crippen LogP contribution in [0.4, 0.5) is 0 Å². The van der Waals surface area contributed by atoms with Gasteiger partial charge in [0.25, 0.3) is 0 Å². The average Bonchev–Trinajstić information content (AvgIpc) is 2.82. The number of benzene rings is 4. The van der Waals surface area contributed by atoms with E-state index in [0.29, 0.717) is 0 Å². The molecule has 0 aliphatic rings. The number of halogens is 1. The summed E-state index contributed by atoms with van der Waals surface area (Å²) in [6.07, 6.45) is 5.24. The molecule has 0 aliphatic carbocycles. The maximum Gasteiger partial charge on any atom is 0.115 e. The van der Waals surface area contributed by atoms with Gasteiger partial charge in [0, 0.05) is 11.6 Å². The Morgan fingerprint density at radius 3 is 2.34 bits per heavy atom. The molecule has 0 saturated heterocycles. The lowest BCUT2D eigenvalue weighted by Crippen LogP contribution is -2.22. The zero-order valence-corrected chi connectivity index (χ0v) is 18.5. The van der Waals surface area contributed by atoms with Crippen molar-refractivity contribution in [2.24, 2.45) is 0 Å². The highest BCUT2D eigenvalue weighted by Crippen LogP contribution is 2.24. The highest BCUT2D eigenvalue weighted by Gasteiger charge is 2.08. The van der Waals surface area contributed by atoms with Crippen molar-refractivity contribution in [3.63, 3.8) is 0 Å². The highest BCUT2D eigenvalue weighted by atomic mass is 35.5. The van der Waals surface area contributed by atoms with E-state index in [1.54, 1.807) is 12.1 Å². The molecule has 4 rings (SSSR count). The summed E-state index contributed by atoms with van der Waals surface area (Å²) in [5.74, 6) is 0.282. The lowest BCUT2D eigenvalue weighted by Gasteiger charge is -2.16. The van der Waals surface area contributed by atoms with E-state index in [0.717, 1.165) is 34.7 Å². The first-order valence-electron chi connectivity index (χ1n) is 10.8. The second kappa shape index (κ2) is 10.8. The van der Waals surface area contributed by atoms with Crippen LogP contribution in [0.15, 0.2) is 109 Å². The van der Waals surface area contributed by atoms with Gasteiger partial charge < -0.3 is 10.4 Å². The Morgan fingerprint density at radius 1 is 0.781 bits per heavy atom. The molecule has 160 valence electrons. The minimum absolute atomic E-state index is 0.0641. The Hall–Kier alpha value is -3.33. The van der Waals surface area contributed by atoms with Crippen LogP contribution in [0.25, 0.3) is 17.2 Å². The van der Waals surface area contributed by atoms with Crippen molar-refractivity contribution in [3.05, 3.63) is 131 Å². The van der Waals surface area contributed by atoms with Crippen molar-refractivity contribution in [1.29, 1.82) is 0 Å². The van der Waals surface area contributed by atoms with Crippen LogP contribution in [0.1, 0.15) is 22.7 Å². The molecule has 0 fully saturated rings. The van der Waals surface area contributed by atoms with Gasteiger partial charge in [-0.25, -0.2) is 0 Å². The molecule has 1 atom stereocenters. The maximum atomic E-state index is 9.53. The van der Waals surface area contributed by atoms with Gasteiger partial charge >= 0.3 is 0 Å². The Labute approximate surface area is 194 Å². The molecule has 3 heteroatoms. The molecule has 2 nitrogen and oxygen atoms in total. The van der Waals surface area contributed by atoms with Crippen LogP contribution in [0.2, 0.25) is 5.02 Å². The number of nitrogens with one attached hydrogen (secondary N) is 1. The fourth-order valence-corrected chi connectivity index (χ4v) is 3.90. The van der Waals surface area contributed by atoms with Crippen molar-refractivity contribution in [1.82, 2.24) is 5.32 Å². The first-order valence-corrected chi connectivity index (χ1v) is 11.2. The molecule has 0 bridgehead atoms. The van der Waals surface area contributed by atoms with E-state index in [1.807, 2.05) is 48.5 Å². The summed E-state index contributed by atoms with van der Waals surface area (Å²) in [5.41, 5.74) is 5.82. The SMILES string of the molecule is Oc1ccc(-c2cccc(CCNC(/C=C/c3ccccc3)c3cccc(Cl)c3)c2)cc1. The minimum atomic E-state index is 0.0641. The summed E-state index contributed by atoms with van der Waals surface area (Å²) in [6.45, 7) is 0.829. The van der Waals surface area contributed by atoms with Crippen molar-refractivity contribution < 1.29 is 5.11 Å². The summed E-state index contributed by atoms with van der Waals surface area (Å²) >= 11 is 6.25. The molecule has 0 saturated carbocycles. The van der Waals surface area contributed by atoms with Gasteiger partial charge in [0.05, 0.1) is 6.04 Å². The Kier molecular flexibility index (Phi) is 7.39. The van der Waals surface area contributed by atoms with Gasteiger partial charge in [-0.05, 0) is 58.5 Å². The highest BCUT2D eigenvalue weighted by molar-refractivity contribution is 6.30. The minimum Gasteiger partial charge on any atom is -0.508 e. The van der Waals surface area contributed by atoms with Crippen LogP contribution < -0.4 is 5.32 Å². The fourth-order valence-electron chi connectivity index (χ4n) is 3.70. The third-order valence-electron chi connectivity index (χ3n) is 5.39. The van der Waals surface area contributed by atoms with E-state index in [1.165, 1.54) is 11.1 Å². The molecule has 0 heterocycles. The molecular formula is C29H26ClNO. The van der Waals surface area contributed by atoms with Crippen molar-refractivity contribution in [2.45, 2.75) is 12.5 Å². The standard InChI is InChI=1S/C29H26ClNO/c30-27-11-5-10-26(21-27)29(17-12-22-6-2-1-3-7-22)31-19-18-23-8-4-9-25(20-23)24-13-15-28(32)16-14-24/h1-17,20-21,29,31-32H,18-19H2/b17-12+. The number of phenolic OH excluding ortho intramolecular Hbond substituents is 1.